The van der Waals surface area contributed by atoms with Gasteiger partial charge in [0.25, 0.3) is 0 Å². The summed E-state index contributed by atoms with van der Waals surface area (Å²) in [7, 11) is 3.55. The van der Waals surface area contributed by atoms with Crippen LogP contribution in [0.3, 0.4) is 0 Å². The molecule has 0 aliphatic rings. The van der Waals surface area contributed by atoms with Crippen molar-refractivity contribution in [1.82, 2.24) is 9.78 Å². The molecule has 1 aromatic heterocycles. The third kappa shape index (κ3) is 5.22. The van der Waals surface area contributed by atoms with Crippen molar-refractivity contribution in [3.8, 4) is 0 Å². The van der Waals surface area contributed by atoms with Gasteiger partial charge in [-0.25, -0.2) is 0 Å². The van der Waals surface area contributed by atoms with E-state index in [4.69, 9.17) is 9.47 Å². The summed E-state index contributed by atoms with van der Waals surface area (Å²) in [4.78, 5) is 0. The first-order chi connectivity index (χ1) is 9.10. The minimum atomic E-state index is -0.418. The number of aryl methyl sites for hydroxylation is 2. The van der Waals surface area contributed by atoms with E-state index in [-0.39, 0.29) is 0 Å². The van der Waals surface area contributed by atoms with Crippen molar-refractivity contribution in [2.75, 3.05) is 26.9 Å². The number of ether oxygens (including phenoxy) is 2. The Morgan fingerprint density at radius 2 is 2.11 bits per heavy atom. The molecule has 0 bridgehead atoms. The second-order valence-electron chi connectivity index (χ2n) is 4.44. The third-order valence-corrected chi connectivity index (χ3v) is 3.87. The molecule has 1 N–H and O–H groups in total. The maximum Gasteiger partial charge on any atom is 0.0766 e. The minimum absolute atomic E-state index is 0.418. The number of aliphatic hydroxyl groups is 1. The molecule has 0 fully saturated rings. The average molecular weight is 335 g/mol. The van der Waals surface area contributed by atoms with Gasteiger partial charge in [-0.05, 0) is 28.8 Å². The van der Waals surface area contributed by atoms with E-state index in [1.54, 1.807) is 7.11 Å². The van der Waals surface area contributed by atoms with E-state index in [2.05, 4.69) is 28.0 Å². The van der Waals surface area contributed by atoms with Crippen molar-refractivity contribution in [1.29, 1.82) is 0 Å². The molecule has 110 valence electrons. The Hall–Kier alpha value is -0.430. The summed E-state index contributed by atoms with van der Waals surface area (Å²) >= 11 is 3.55. The first-order valence-corrected chi connectivity index (χ1v) is 7.34. The van der Waals surface area contributed by atoms with E-state index < -0.39 is 6.10 Å². The van der Waals surface area contributed by atoms with E-state index in [1.165, 1.54) is 0 Å². The highest BCUT2D eigenvalue weighted by atomic mass is 79.9. The Bertz CT molecular complexity index is 382. The number of halogens is 1. The molecule has 6 heteroatoms. The lowest BCUT2D eigenvalue weighted by Gasteiger charge is -2.11. The lowest BCUT2D eigenvalue weighted by atomic mass is 10.1. The highest BCUT2D eigenvalue weighted by molar-refractivity contribution is 9.10. The summed E-state index contributed by atoms with van der Waals surface area (Å²) in [6.07, 6.45) is 1.66. The fourth-order valence-electron chi connectivity index (χ4n) is 1.83. The van der Waals surface area contributed by atoms with Crippen molar-refractivity contribution in [3.63, 3.8) is 0 Å². The molecule has 0 radical (unpaired) electrons. The van der Waals surface area contributed by atoms with Crippen LogP contribution in [0.1, 0.15) is 24.7 Å². The molecule has 0 amide bonds. The summed E-state index contributed by atoms with van der Waals surface area (Å²) < 4.78 is 13.1. The van der Waals surface area contributed by atoms with Crippen molar-refractivity contribution >= 4 is 15.9 Å². The first kappa shape index (κ1) is 16.6. The van der Waals surface area contributed by atoms with Gasteiger partial charge in [-0.15, -0.1) is 0 Å². The van der Waals surface area contributed by atoms with Crippen molar-refractivity contribution in [2.24, 2.45) is 7.05 Å². The van der Waals surface area contributed by atoms with Gasteiger partial charge in [-0.3, -0.25) is 4.68 Å². The molecule has 0 aromatic carbocycles. The molecule has 0 aliphatic heterocycles. The van der Waals surface area contributed by atoms with E-state index in [9.17, 15) is 5.11 Å². The highest BCUT2D eigenvalue weighted by Crippen LogP contribution is 2.23. The van der Waals surface area contributed by atoms with E-state index in [0.717, 1.165) is 22.3 Å². The van der Waals surface area contributed by atoms with Crippen molar-refractivity contribution in [3.05, 3.63) is 15.9 Å². The lowest BCUT2D eigenvalue weighted by molar-refractivity contribution is 0.0475. The van der Waals surface area contributed by atoms with Gasteiger partial charge in [-0.1, -0.05) is 6.92 Å². The number of aliphatic hydroxyl groups excluding tert-OH is 1. The van der Waals surface area contributed by atoms with Gasteiger partial charge in [0.05, 0.1) is 35.2 Å². The Kier molecular flexibility index (Phi) is 7.60. The second kappa shape index (κ2) is 8.68. The van der Waals surface area contributed by atoms with Gasteiger partial charge < -0.3 is 14.6 Å². The number of methoxy groups -OCH3 is 1. The summed E-state index contributed by atoms with van der Waals surface area (Å²) in [6, 6.07) is 0. The summed E-state index contributed by atoms with van der Waals surface area (Å²) in [5.74, 6) is 0. The molecule has 0 aliphatic carbocycles. The fourth-order valence-corrected chi connectivity index (χ4v) is 2.61. The molecule has 1 unspecified atom stereocenters. The smallest absolute Gasteiger partial charge is 0.0766 e. The molecule has 1 heterocycles. The molecule has 0 saturated carbocycles. The van der Waals surface area contributed by atoms with Gasteiger partial charge >= 0.3 is 0 Å². The van der Waals surface area contributed by atoms with Gasteiger partial charge in [0.2, 0.25) is 0 Å². The standard InChI is InChI=1S/C13H23BrN2O3/c1-4-11-13(14)12(16(2)15-11)9-10(17)5-6-19-8-7-18-3/h10,17H,4-9H2,1-3H3. The molecule has 19 heavy (non-hydrogen) atoms. The molecule has 1 aromatic rings. The van der Waals surface area contributed by atoms with Crippen LogP contribution in [0.2, 0.25) is 0 Å². The molecule has 1 atom stereocenters. The molecule has 0 saturated heterocycles. The van der Waals surface area contributed by atoms with Crippen molar-refractivity contribution < 1.29 is 14.6 Å². The van der Waals surface area contributed by atoms with Crippen LogP contribution < -0.4 is 0 Å². The normalized spacial score (nSPS) is 12.9. The monoisotopic (exact) mass is 334 g/mol. The number of rotatable bonds is 9. The molecular weight excluding hydrogens is 312 g/mol. The predicted molar refractivity (Wildman–Crippen MR) is 77.3 cm³/mol. The van der Waals surface area contributed by atoms with Gasteiger partial charge in [0, 0.05) is 27.2 Å². The zero-order valence-electron chi connectivity index (χ0n) is 11.9. The van der Waals surface area contributed by atoms with Gasteiger partial charge in [0.1, 0.15) is 0 Å². The highest BCUT2D eigenvalue weighted by Gasteiger charge is 2.16. The zero-order valence-corrected chi connectivity index (χ0v) is 13.4. The van der Waals surface area contributed by atoms with E-state index >= 15 is 0 Å². The Morgan fingerprint density at radius 1 is 1.37 bits per heavy atom. The van der Waals surface area contributed by atoms with Crippen LogP contribution in [-0.4, -0.2) is 47.9 Å². The quantitative estimate of drug-likeness (QED) is 0.698. The lowest BCUT2D eigenvalue weighted by Crippen LogP contribution is -2.17. The van der Waals surface area contributed by atoms with Crippen LogP contribution in [0.4, 0.5) is 0 Å². The predicted octanol–water partition coefficient (Wildman–Crippen LogP) is 1.70. The minimum Gasteiger partial charge on any atom is -0.393 e. The Labute approximate surface area is 123 Å². The number of nitrogens with zero attached hydrogens (tertiary/aromatic N) is 2. The number of hydrogen-bond acceptors (Lipinski definition) is 4. The zero-order chi connectivity index (χ0) is 14.3. The maximum absolute atomic E-state index is 10.0. The van der Waals surface area contributed by atoms with Crippen LogP contribution in [-0.2, 0) is 29.4 Å². The van der Waals surface area contributed by atoms with Crippen LogP contribution in [0.25, 0.3) is 0 Å². The number of hydrogen-bond donors (Lipinski definition) is 1. The van der Waals surface area contributed by atoms with Crippen LogP contribution in [0, 0.1) is 0 Å². The van der Waals surface area contributed by atoms with Crippen molar-refractivity contribution in [2.45, 2.75) is 32.3 Å². The van der Waals surface area contributed by atoms with Crippen LogP contribution in [0.5, 0.6) is 0 Å². The third-order valence-electron chi connectivity index (χ3n) is 2.96. The maximum atomic E-state index is 10.0. The second-order valence-corrected chi connectivity index (χ2v) is 5.23. The Balaban J connectivity index is 2.39. The SMILES string of the molecule is CCc1nn(C)c(CC(O)CCOCCOC)c1Br. The average Bonchev–Trinajstić information content (AvgIpc) is 2.66. The fraction of sp³-hybridized carbons (Fsp3) is 0.769. The number of aromatic nitrogens is 2. The summed E-state index contributed by atoms with van der Waals surface area (Å²) in [6.45, 7) is 3.76. The van der Waals surface area contributed by atoms with Crippen LogP contribution >= 0.6 is 15.9 Å². The van der Waals surface area contributed by atoms with Crippen LogP contribution in [0.15, 0.2) is 4.47 Å². The van der Waals surface area contributed by atoms with Gasteiger partial charge in [0.15, 0.2) is 0 Å². The topological polar surface area (TPSA) is 56.5 Å². The molecule has 0 spiro atoms. The van der Waals surface area contributed by atoms with E-state index in [1.807, 2.05) is 11.7 Å². The molecule has 5 nitrogen and oxygen atoms in total. The summed E-state index contributed by atoms with van der Waals surface area (Å²) in [5.41, 5.74) is 2.06. The van der Waals surface area contributed by atoms with Gasteiger partial charge in [-0.2, -0.15) is 5.10 Å². The molecule has 1 rings (SSSR count). The largest absolute Gasteiger partial charge is 0.393 e. The summed E-state index contributed by atoms with van der Waals surface area (Å²) in [5, 5.41) is 14.4. The Morgan fingerprint density at radius 3 is 2.68 bits per heavy atom. The molecular formula is C13H23BrN2O3. The first-order valence-electron chi connectivity index (χ1n) is 6.55. The van der Waals surface area contributed by atoms with E-state index in [0.29, 0.717) is 32.7 Å².